The third kappa shape index (κ3) is 10.3. The van der Waals surface area contributed by atoms with Crippen molar-refractivity contribution in [2.45, 2.75) is 70.0 Å². The second-order valence-corrected chi connectivity index (χ2v) is 9.41. The first-order chi connectivity index (χ1) is 18.1. The third-order valence-electron chi connectivity index (χ3n) is 6.60. The van der Waals surface area contributed by atoms with Gasteiger partial charge in [-0.25, -0.2) is 9.59 Å². The van der Waals surface area contributed by atoms with Gasteiger partial charge in [-0.15, -0.1) is 0 Å². The first-order valence-electron chi connectivity index (χ1n) is 12.2. The number of aromatic nitrogens is 1. The van der Waals surface area contributed by atoms with Crippen LogP contribution in [0.1, 0.15) is 43.5 Å². The molecule has 220 valence electrons. The van der Waals surface area contributed by atoms with Gasteiger partial charge in [-0.3, -0.25) is 14.7 Å². The van der Waals surface area contributed by atoms with Crippen molar-refractivity contribution in [3.63, 3.8) is 0 Å². The van der Waals surface area contributed by atoms with Crippen molar-refractivity contribution in [2.24, 2.45) is 5.92 Å². The minimum Gasteiger partial charge on any atom is -0.475 e. The number of alkyl halides is 6. The Kier molecular flexibility index (Phi) is 11.5. The number of ether oxygens (including phenoxy) is 1. The Labute approximate surface area is 220 Å². The molecule has 3 aliphatic heterocycles. The second kappa shape index (κ2) is 13.9. The highest BCUT2D eigenvalue weighted by molar-refractivity contribution is 5.77. The van der Waals surface area contributed by atoms with E-state index in [0.717, 1.165) is 49.9 Å². The standard InChI is InChI=1S/C20H29N3O2.2C2HF3O2/c1-15-3-2-4-17(21-15)14-23-19-7-10-22(18(19)5-6-20(23)24)13-16-8-11-25-12-9-16;2*3-2(4,5)1(6)7/h2-4,16,18-19H,5-14H2,1H3;2*(H,6,7)/t18-,19-;;/m1../s1. The van der Waals surface area contributed by atoms with Gasteiger partial charge in [-0.05, 0) is 50.7 Å². The molecule has 39 heavy (non-hydrogen) atoms. The number of aliphatic carboxylic acids is 2. The van der Waals surface area contributed by atoms with E-state index in [4.69, 9.17) is 24.5 Å². The molecule has 15 heteroatoms. The van der Waals surface area contributed by atoms with Crippen molar-refractivity contribution >= 4 is 17.8 Å². The summed E-state index contributed by atoms with van der Waals surface area (Å²) in [6.45, 7) is 6.79. The van der Waals surface area contributed by atoms with Crippen LogP contribution in [0, 0.1) is 12.8 Å². The Bertz CT molecular complexity index is 960. The molecule has 4 heterocycles. The zero-order chi connectivity index (χ0) is 29.4. The van der Waals surface area contributed by atoms with E-state index in [-0.39, 0.29) is 0 Å². The Morgan fingerprint density at radius 3 is 2.05 bits per heavy atom. The number of piperidine rings is 1. The number of carboxylic acid groups (broad SMARTS) is 2. The molecular formula is C24H31F6N3O6. The molecule has 0 saturated carbocycles. The number of carbonyl (C=O) groups is 3. The van der Waals surface area contributed by atoms with Gasteiger partial charge < -0.3 is 19.8 Å². The molecule has 9 nitrogen and oxygen atoms in total. The maximum atomic E-state index is 12.6. The normalized spacial score (nSPS) is 22.2. The number of pyridine rings is 1. The Morgan fingerprint density at radius 1 is 0.974 bits per heavy atom. The lowest BCUT2D eigenvalue weighted by molar-refractivity contribution is -0.193. The topological polar surface area (TPSA) is 120 Å². The molecular weight excluding hydrogens is 540 g/mol. The van der Waals surface area contributed by atoms with Crippen LogP contribution in [0.15, 0.2) is 18.2 Å². The summed E-state index contributed by atoms with van der Waals surface area (Å²) in [6, 6.07) is 6.98. The fourth-order valence-electron chi connectivity index (χ4n) is 4.79. The molecule has 0 bridgehead atoms. The third-order valence-corrected chi connectivity index (χ3v) is 6.60. The number of carbonyl (C=O) groups excluding carboxylic acids is 1. The molecule has 2 atom stereocenters. The van der Waals surface area contributed by atoms with E-state index >= 15 is 0 Å². The number of halogens is 6. The van der Waals surface area contributed by atoms with E-state index in [1.54, 1.807) is 0 Å². The highest BCUT2D eigenvalue weighted by Crippen LogP contribution is 2.33. The van der Waals surface area contributed by atoms with Gasteiger partial charge in [-0.2, -0.15) is 26.3 Å². The number of nitrogens with zero attached hydrogens (tertiary/aromatic N) is 3. The summed E-state index contributed by atoms with van der Waals surface area (Å²) in [5, 5.41) is 14.2. The highest BCUT2D eigenvalue weighted by atomic mass is 19.4. The molecule has 0 unspecified atom stereocenters. The number of hydrogen-bond donors (Lipinski definition) is 2. The quantitative estimate of drug-likeness (QED) is 0.526. The van der Waals surface area contributed by atoms with Crippen LogP contribution in [0.4, 0.5) is 26.3 Å². The molecule has 1 aromatic heterocycles. The maximum absolute atomic E-state index is 12.6. The summed E-state index contributed by atoms with van der Waals surface area (Å²) in [5.74, 6) is -4.45. The van der Waals surface area contributed by atoms with Gasteiger partial charge in [-0.1, -0.05) is 6.07 Å². The average Bonchev–Trinajstić information content (AvgIpc) is 3.24. The van der Waals surface area contributed by atoms with Crippen molar-refractivity contribution in [3.8, 4) is 0 Å². The lowest BCUT2D eigenvalue weighted by atomic mass is 9.94. The maximum Gasteiger partial charge on any atom is 0.490 e. The van der Waals surface area contributed by atoms with Crippen LogP contribution >= 0.6 is 0 Å². The van der Waals surface area contributed by atoms with Gasteiger partial charge in [0.15, 0.2) is 0 Å². The van der Waals surface area contributed by atoms with Crippen molar-refractivity contribution < 1.29 is 55.7 Å². The Morgan fingerprint density at radius 2 is 1.54 bits per heavy atom. The smallest absolute Gasteiger partial charge is 0.475 e. The number of hydrogen-bond acceptors (Lipinski definition) is 6. The van der Waals surface area contributed by atoms with Gasteiger partial charge in [0.1, 0.15) is 0 Å². The monoisotopic (exact) mass is 571 g/mol. The predicted molar refractivity (Wildman–Crippen MR) is 123 cm³/mol. The Hall–Kier alpha value is -2.94. The van der Waals surface area contributed by atoms with E-state index in [9.17, 15) is 31.1 Å². The summed E-state index contributed by atoms with van der Waals surface area (Å²) in [5.41, 5.74) is 2.03. The van der Waals surface area contributed by atoms with Crippen molar-refractivity contribution in [3.05, 3.63) is 29.6 Å². The van der Waals surface area contributed by atoms with Gasteiger partial charge >= 0.3 is 24.3 Å². The van der Waals surface area contributed by atoms with Crippen LogP contribution in [-0.2, 0) is 25.7 Å². The van der Waals surface area contributed by atoms with E-state index in [0.29, 0.717) is 31.0 Å². The lowest BCUT2D eigenvalue weighted by Crippen LogP contribution is -2.52. The van der Waals surface area contributed by atoms with Crippen molar-refractivity contribution in [1.82, 2.24) is 14.8 Å². The summed E-state index contributed by atoms with van der Waals surface area (Å²) in [6.07, 6.45) is -5.00. The molecule has 2 N–H and O–H groups in total. The summed E-state index contributed by atoms with van der Waals surface area (Å²) in [4.78, 5) is 39.8. The molecule has 0 aromatic carbocycles. The van der Waals surface area contributed by atoms with E-state index in [1.807, 2.05) is 25.1 Å². The SMILES string of the molecule is Cc1cccc(CN2C(=O)CC[C@@H]3[C@H]2CCN3CC2CCOCC2)n1.O=C(O)C(F)(F)F.O=C(O)C(F)(F)F. The first-order valence-corrected chi connectivity index (χ1v) is 12.2. The largest absolute Gasteiger partial charge is 0.490 e. The minimum absolute atomic E-state index is 0.303. The number of likely N-dealkylation sites (tertiary alicyclic amines) is 2. The summed E-state index contributed by atoms with van der Waals surface area (Å²) in [7, 11) is 0. The highest BCUT2D eigenvalue weighted by Gasteiger charge is 2.43. The average molecular weight is 572 g/mol. The minimum atomic E-state index is -5.08. The number of carboxylic acids is 2. The molecule has 3 aliphatic rings. The first kappa shape index (κ1) is 32.3. The van der Waals surface area contributed by atoms with Crippen LogP contribution < -0.4 is 0 Å². The summed E-state index contributed by atoms with van der Waals surface area (Å²) < 4.78 is 69.0. The fourth-order valence-corrected chi connectivity index (χ4v) is 4.79. The predicted octanol–water partition coefficient (Wildman–Crippen LogP) is 3.65. The van der Waals surface area contributed by atoms with Gasteiger partial charge in [0.25, 0.3) is 0 Å². The number of aryl methyl sites for hydroxylation is 1. The van der Waals surface area contributed by atoms with Gasteiger partial charge in [0.2, 0.25) is 5.91 Å². The van der Waals surface area contributed by atoms with Gasteiger partial charge in [0.05, 0.1) is 12.2 Å². The lowest BCUT2D eigenvalue weighted by Gasteiger charge is -2.40. The van der Waals surface area contributed by atoms with Crippen LogP contribution in [0.25, 0.3) is 0 Å². The molecule has 3 saturated heterocycles. The summed E-state index contributed by atoms with van der Waals surface area (Å²) >= 11 is 0. The zero-order valence-electron chi connectivity index (χ0n) is 21.2. The Balaban J connectivity index is 0.000000317. The van der Waals surface area contributed by atoms with Crippen molar-refractivity contribution in [2.75, 3.05) is 26.3 Å². The van der Waals surface area contributed by atoms with E-state index in [1.165, 1.54) is 19.4 Å². The number of amides is 1. The van der Waals surface area contributed by atoms with Crippen LogP contribution in [0.2, 0.25) is 0 Å². The number of fused-ring (bicyclic) bond motifs is 1. The zero-order valence-corrected chi connectivity index (χ0v) is 21.2. The van der Waals surface area contributed by atoms with E-state index in [2.05, 4.69) is 14.8 Å². The molecule has 0 spiro atoms. The van der Waals surface area contributed by atoms with Gasteiger partial charge in [0, 0.05) is 50.5 Å². The fraction of sp³-hybridized carbons (Fsp3) is 0.667. The van der Waals surface area contributed by atoms with Crippen LogP contribution in [0.3, 0.4) is 0 Å². The molecule has 0 radical (unpaired) electrons. The van der Waals surface area contributed by atoms with Crippen LogP contribution in [0.5, 0.6) is 0 Å². The van der Waals surface area contributed by atoms with E-state index < -0.39 is 24.3 Å². The van der Waals surface area contributed by atoms with Crippen LogP contribution in [-0.4, -0.2) is 93.6 Å². The molecule has 1 amide bonds. The molecule has 4 rings (SSSR count). The molecule has 3 fully saturated rings. The molecule has 0 aliphatic carbocycles. The molecule has 1 aromatic rings. The second-order valence-electron chi connectivity index (χ2n) is 9.41. The number of rotatable bonds is 4. The van der Waals surface area contributed by atoms with Crippen molar-refractivity contribution in [1.29, 1.82) is 0 Å².